The number of alkyl halides is 3. The van der Waals surface area contributed by atoms with E-state index in [-0.39, 0.29) is 12.8 Å². The minimum Gasteiger partial charge on any atom is -0.398 e. The second kappa shape index (κ2) is 4.07. The van der Waals surface area contributed by atoms with E-state index < -0.39 is 38.1 Å². The predicted molar refractivity (Wildman–Crippen MR) is 59.2 cm³/mol. The van der Waals surface area contributed by atoms with Crippen LogP contribution in [-0.4, -0.2) is 20.1 Å². The van der Waals surface area contributed by atoms with Gasteiger partial charge >= 0.3 is 6.18 Å². The third-order valence-corrected chi connectivity index (χ3v) is 4.52. The maximum Gasteiger partial charge on any atom is 0.407 e. The monoisotopic (exact) mass is 298 g/mol. The Hall–Kier alpha value is -1.35. The molecule has 1 aliphatic rings. The van der Waals surface area contributed by atoms with Crippen molar-refractivity contribution in [2.24, 2.45) is 0 Å². The number of anilines is 1. The number of benzene rings is 1. The fraction of sp³-hybridized carbons (Fsp3) is 0.400. The van der Waals surface area contributed by atoms with Crippen molar-refractivity contribution >= 4 is 15.7 Å². The van der Waals surface area contributed by atoms with Crippen LogP contribution in [0.15, 0.2) is 23.1 Å². The molecule has 1 aromatic rings. The van der Waals surface area contributed by atoms with Crippen molar-refractivity contribution < 1.29 is 26.0 Å². The van der Waals surface area contributed by atoms with Crippen LogP contribution in [0.2, 0.25) is 0 Å². The van der Waals surface area contributed by atoms with Crippen LogP contribution in [-0.2, 0) is 10.0 Å². The summed E-state index contributed by atoms with van der Waals surface area (Å²) in [4.78, 5) is -0.953. The first kappa shape index (κ1) is 14.1. The van der Waals surface area contributed by atoms with E-state index in [1.165, 1.54) is 10.8 Å². The van der Waals surface area contributed by atoms with E-state index >= 15 is 0 Å². The van der Waals surface area contributed by atoms with E-state index in [0.717, 1.165) is 12.1 Å². The molecule has 1 aromatic carbocycles. The van der Waals surface area contributed by atoms with E-state index in [1.807, 2.05) is 0 Å². The highest BCUT2D eigenvalue weighted by Gasteiger charge is 2.65. The van der Waals surface area contributed by atoms with Crippen LogP contribution in [0.1, 0.15) is 12.8 Å². The lowest BCUT2D eigenvalue weighted by atomic mass is 10.3. The van der Waals surface area contributed by atoms with Crippen molar-refractivity contribution in [1.82, 2.24) is 4.72 Å². The highest BCUT2D eigenvalue weighted by atomic mass is 32.2. The van der Waals surface area contributed by atoms with Crippen LogP contribution in [0.5, 0.6) is 0 Å². The summed E-state index contributed by atoms with van der Waals surface area (Å²) in [6, 6.07) is 3.09. The summed E-state index contributed by atoms with van der Waals surface area (Å²) in [5.74, 6) is -1.19. The Morgan fingerprint density at radius 1 is 1.26 bits per heavy atom. The van der Waals surface area contributed by atoms with Gasteiger partial charge in [0.1, 0.15) is 16.3 Å². The fourth-order valence-electron chi connectivity index (χ4n) is 1.69. The number of nitrogens with one attached hydrogen (secondary N) is 1. The average Bonchev–Trinajstić information content (AvgIpc) is 2.96. The zero-order valence-electron chi connectivity index (χ0n) is 9.46. The molecule has 0 unspecified atom stereocenters. The van der Waals surface area contributed by atoms with Gasteiger partial charge < -0.3 is 5.73 Å². The number of halogens is 4. The molecule has 1 aliphatic carbocycles. The van der Waals surface area contributed by atoms with Crippen LogP contribution >= 0.6 is 0 Å². The van der Waals surface area contributed by atoms with E-state index in [1.54, 1.807) is 0 Å². The van der Waals surface area contributed by atoms with Gasteiger partial charge in [0.2, 0.25) is 10.0 Å². The van der Waals surface area contributed by atoms with Crippen molar-refractivity contribution in [3.63, 3.8) is 0 Å². The number of hydrogen-bond donors (Lipinski definition) is 2. The molecule has 106 valence electrons. The summed E-state index contributed by atoms with van der Waals surface area (Å²) < 4.78 is 76.7. The molecule has 0 aromatic heterocycles. The summed E-state index contributed by atoms with van der Waals surface area (Å²) in [7, 11) is -4.67. The molecule has 0 amide bonds. The molecule has 3 N–H and O–H groups in total. The molecular formula is C10H10F4N2O2S. The molecule has 0 saturated heterocycles. The van der Waals surface area contributed by atoms with Crippen LogP contribution in [0.25, 0.3) is 0 Å². The van der Waals surface area contributed by atoms with Crippen molar-refractivity contribution in [3.8, 4) is 0 Å². The molecule has 0 radical (unpaired) electrons. The Morgan fingerprint density at radius 3 is 2.26 bits per heavy atom. The molecule has 0 atom stereocenters. The molecule has 1 saturated carbocycles. The topological polar surface area (TPSA) is 72.2 Å². The third-order valence-electron chi connectivity index (χ3n) is 2.89. The lowest BCUT2D eigenvalue weighted by Crippen LogP contribution is -2.48. The van der Waals surface area contributed by atoms with Gasteiger partial charge in [0.25, 0.3) is 0 Å². The van der Waals surface area contributed by atoms with Gasteiger partial charge in [0.05, 0.1) is 5.69 Å². The van der Waals surface area contributed by atoms with Gasteiger partial charge in [0, 0.05) is 0 Å². The Balaban J connectivity index is 2.40. The van der Waals surface area contributed by atoms with E-state index in [2.05, 4.69) is 0 Å². The standard InChI is InChI=1S/C10H10F4N2O2S/c11-6-2-1-3-7(15)8(6)19(17,18)16-9(4-5-9)10(12,13)14/h1-3,16H,4-5,15H2. The Bertz CT molecular complexity index is 588. The number of rotatable bonds is 3. The molecule has 0 heterocycles. The minimum atomic E-state index is -4.72. The summed E-state index contributed by atoms with van der Waals surface area (Å²) in [5, 5.41) is 0. The average molecular weight is 298 g/mol. The Labute approximate surface area is 106 Å². The number of nitrogens with two attached hydrogens (primary N) is 1. The Morgan fingerprint density at radius 2 is 1.84 bits per heavy atom. The number of hydrogen-bond acceptors (Lipinski definition) is 3. The van der Waals surface area contributed by atoms with Crippen molar-refractivity contribution in [2.75, 3.05) is 5.73 Å². The SMILES string of the molecule is Nc1cccc(F)c1S(=O)(=O)NC1(C(F)(F)F)CC1. The zero-order chi connectivity index (χ0) is 14.5. The van der Waals surface area contributed by atoms with E-state index in [0.29, 0.717) is 0 Å². The summed E-state index contributed by atoms with van der Waals surface area (Å²) in [6.07, 6.45) is -5.46. The molecule has 19 heavy (non-hydrogen) atoms. The van der Waals surface area contributed by atoms with Crippen LogP contribution < -0.4 is 10.5 Å². The predicted octanol–water partition coefficient (Wildman–Crippen LogP) is 1.78. The fourth-order valence-corrected chi connectivity index (χ4v) is 3.33. The van der Waals surface area contributed by atoms with Gasteiger partial charge in [-0.05, 0) is 25.0 Å². The maximum atomic E-state index is 13.5. The van der Waals surface area contributed by atoms with Crippen LogP contribution in [0.4, 0.5) is 23.2 Å². The third kappa shape index (κ3) is 2.39. The van der Waals surface area contributed by atoms with Crippen molar-refractivity contribution in [1.29, 1.82) is 0 Å². The molecule has 0 aliphatic heterocycles. The lowest BCUT2D eigenvalue weighted by molar-refractivity contribution is -0.160. The van der Waals surface area contributed by atoms with Gasteiger partial charge in [-0.25, -0.2) is 12.8 Å². The summed E-state index contributed by atoms with van der Waals surface area (Å²) >= 11 is 0. The van der Waals surface area contributed by atoms with Gasteiger partial charge in [-0.3, -0.25) is 0 Å². The first-order valence-corrected chi connectivity index (χ1v) is 6.72. The molecule has 0 spiro atoms. The van der Waals surface area contributed by atoms with E-state index in [9.17, 15) is 26.0 Å². The van der Waals surface area contributed by atoms with Crippen molar-refractivity contribution in [2.45, 2.75) is 29.5 Å². The largest absolute Gasteiger partial charge is 0.407 e. The normalized spacial score (nSPS) is 18.3. The molecule has 9 heteroatoms. The highest BCUT2D eigenvalue weighted by Crippen LogP contribution is 2.49. The molecule has 1 fully saturated rings. The second-order valence-corrected chi connectivity index (χ2v) is 5.96. The highest BCUT2D eigenvalue weighted by molar-refractivity contribution is 7.89. The zero-order valence-corrected chi connectivity index (χ0v) is 10.3. The van der Waals surface area contributed by atoms with Gasteiger partial charge in [0.15, 0.2) is 0 Å². The van der Waals surface area contributed by atoms with Gasteiger partial charge in [-0.15, -0.1) is 0 Å². The minimum absolute atomic E-state index is 0.371. The Kier molecular flexibility index (Phi) is 3.01. The van der Waals surface area contributed by atoms with Crippen molar-refractivity contribution in [3.05, 3.63) is 24.0 Å². The van der Waals surface area contributed by atoms with Gasteiger partial charge in [-0.2, -0.15) is 17.9 Å². The summed E-state index contributed by atoms with van der Waals surface area (Å²) in [6.45, 7) is 0. The first-order valence-electron chi connectivity index (χ1n) is 5.24. The molecule has 0 bridgehead atoms. The summed E-state index contributed by atoms with van der Waals surface area (Å²) in [5.41, 5.74) is 2.38. The number of sulfonamides is 1. The van der Waals surface area contributed by atoms with E-state index in [4.69, 9.17) is 5.73 Å². The smallest absolute Gasteiger partial charge is 0.398 e. The molecule has 2 rings (SSSR count). The lowest BCUT2D eigenvalue weighted by Gasteiger charge is -2.21. The van der Waals surface area contributed by atoms with Crippen LogP contribution in [0, 0.1) is 5.82 Å². The first-order chi connectivity index (χ1) is 8.59. The van der Waals surface area contributed by atoms with Gasteiger partial charge in [-0.1, -0.05) is 6.07 Å². The molecular weight excluding hydrogens is 288 g/mol. The second-order valence-electron chi connectivity index (χ2n) is 4.34. The van der Waals surface area contributed by atoms with Crippen LogP contribution in [0.3, 0.4) is 0 Å². The quantitative estimate of drug-likeness (QED) is 0.660. The maximum absolute atomic E-state index is 13.5. The number of nitrogen functional groups attached to an aromatic ring is 1. The molecule has 4 nitrogen and oxygen atoms in total.